The standard InChI is InChI=1S/C17H20ClN3O3/c1-10-2-3-12(8-13(10)18)21-15(22)9-14(17(21)24)20-6-4-11(5-7-20)16(19)23/h2-3,8,11,14H,4-7,9H2,1H3,(H2,19,23). The molecule has 0 spiro atoms. The van der Waals surface area contributed by atoms with Crippen LogP contribution in [0.2, 0.25) is 5.02 Å². The Kier molecular flexibility index (Phi) is 4.60. The topological polar surface area (TPSA) is 83.7 Å². The number of piperidine rings is 1. The van der Waals surface area contributed by atoms with Crippen LogP contribution in [0.25, 0.3) is 0 Å². The Balaban J connectivity index is 1.75. The minimum Gasteiger partial charge on any atom is -0.369 e. The molecule has 3 rings (SSSR count). The highest BCUT2D eigenvalue weighted by Gasteiger charge is 2.43. The van der Waals surface area contributed by atoms with Crippen molar-refractivity contribution < 1.29 is 14.4 Å². The fraction of sp³-hybridized carbons (Fsp3) is 0.471. The van der Waals surface area contributed by atoms with Crippen LogP contribution in [0, 0.1) is 12.8 Å². The van der Waals surface area contributed by atoms with Gasteiger partial charge in [0.2, 0.25) is 11.8 Å². The number of benzene rings is 1. The van der Waals surface area contributed by atoms with Crippen LogP contribution in [-0.2, 0) is 14.4 Å². The molecule has 1 unspecified atom stereocenters. The van der Waals surface area contributed by atoms with Gasteiger partial charge in [0, 0.05) is 10.9 Å². The maximum Gasteiger partial charge on any atom is 0.251 e. The van der Waals surface area contributed by atoms with Gasteiger partial charge in [-0.15, -0.1) is 0 Å². The number of likely N-dealkylation sites (tertiary alicyclic amines) is 1. The number of carbonyl (C=O) groups excluding carboxylic acids is 3. The molecule has 2 aliphatic heterocycles. The number of anilines is 1. The molecule has 1 aromatic rings. The molecule has 0 aromatic heterocycles. The molecule has 2 N–H and O–H groups in total. The van der Waals surface area contributed by atoms with E-state index in [-0.39, 0.29) is 30.1 Å². The van der Waals surface area contributed by atoms with Gasteiger partial charge in [-0.25, -0.2) is 4.90 Å². The zero-order chi connectivity index (χ0) is 17.4. The normalized spacial score (nSPS) is 23.1. The first-order valence-corrected chi connectivity index (χ1v) is 8.42. The van der Waals surface area contributed by atoms with Gasteiger partial charge in [0.05, 0.1) is 18.2 Å². The zero-order valence-corrected chi connectivity index (χ0v) is 14.3. The largest absolute Gasteiger partial charge is 0.369 e. The number of nitrogens with two attached hydrogens (primary N) is 1. The molecule has 24 heavy (non-hydrogen) atoms. The fourth-order valence-corrected chi connectivity index (χ4v) is 3.56. The predicted octanol–water partition coefficient (Wildman–Crippen LogP) is 1.48. The number of nitrogens with zero attached hydrogens (tertiary/aromatic N) is 2. The number of imide groups is 1. The summed E-state index contributed by atoms with van der Waals surface area (Å²) in [6.07, 6.45) is 1.42. The molecule has 6 nitrogen and oxygen atoms in total. The number of carbonyl (C=O) groups is 3. The van der Waals surface area contributed by atoms with Crippen LogP contribution in [0.5, 0.6) is 0 Å². The Morgan fingerprint density at radius 1 is 1.25 bits per heavy atom. The lowest BCUT2D eigenvalue weighted by molar-refractivity contribution is -0.124. The lowest BCUT2D eigenvalue weighted by Crippen LogP contribution is -2.47. The third-order valence-electron chi connectivity index (χ3n) is 4.91. The number of halogens is 1. The second-order valence-corrected chi connectivity index (χ2v) is 6.84. The van der Waals surface area contributed by atoms with Gasteiger partial charge in [-0.1, -0.05) is 17.7 Å². The van der Waals surface area contributed by atoms with Crippen LogP contribution in [0.15, 0.2) is 18.2 Å². The fourth-order valence-electron chi connectivity index (χ4n) is 3.39. The summed E-state index contributed by atoms with van der Waals surface area (Å²) in [5.41, 5.74) is 6.74. The Morgan fingerprint density at radius 2 is 1.92 bits per heavy atom. The summed E-state index contributed by atoms with van der Waals surface area (Å²) < 4.78 is 0. The number of aryl methyl sites for hydroxylation is 1. The summed E-state index contributed by atoms with van der Waals surface area (Å²) in [5, 5.41) is 0.527. The third-order valence-corrected chi connectivity index (χ3v) is 5.32. The summed E-state index contributed by atoms with van der Waals surface area (Å²) in [7, 11) is 0. The molecule has 0 saturated carbocycles. The number of hydrogen-bond donors (Lipinski definition) is 1. The quantitative estimate of drug-likeness (QED) is 0.838. The number of amides is 3. The smallest absolute Gasteiger partial charge is 0.251 e. The van der Waals surface area contributed by atoms with E-state index in [1.54, 1.807) is 18.2 Å². The van der Waals surface area contributed by atoms with Crippen LogP contribution < -0.4 is 10.6 Å². The SMILES string of the molecule is Cc1ccc(N2C(=O)CC(N3CCC(C(N)=O)CC3)C2=O)cc1Cl. The molecular weight excluding hydrogens is 330 g/mol. The lowest BCUT2D eigenvalue weighted by Gasteiger charge is -2.33. The van der Waals surface area contributed by atoms with Gasteiger partial charge in [-0.05, 0) is 50.6 Å². The second kappa shape index (κ2) is 6.53. The Hall–Kier alpha value is -1.92. The van der Waals surface area contributed by atoms with Crippen molar-refractivity contribution in [2.75, 3.05) is 18.0 Å². The van der Waals surface area contributed by atoms with E-state index < -0.39 is 6.04 Å². The Morgan fingerprint density at radius 3 is 2.50 bits per heavy atom. The van der Waals surface area contributed by atoms with E-state index in [4.69, 9.17) is 17.3 Å². The van der Waals surface area contributed by atoms with E-state index in [0.717, 1.165) is 5.56 Å². The van der Waals surface area contributed by atoms with Gasteiger partial charge in [0.1, 0.15) is 0 Å². The molecular formula is C17H20ClN3O3. The van der Waals surface area contributed by atoms with E-state index in [9.17, 15) is 14.4 Å². The monoisotopic (exact) mass is 349 g/mol. The van der Waals surface area contributed by atoms with Gasteiger partial charge >= 0.3 is 0 Å². The molecule has 1 aromatic carbocycles. The van der Waals surface area contributed by atoms with E-state index in [1.807, 2.05) is 11.8 Å². The van der Waals surface area contributed by atoms with E-state index in [1.165, 1.54) is 4.90 Å². The number of primary amides is 1. The highest BCUT2D eigenvalue weighted by atomic mass is 35.5. The van der Waals surface area contributed by atoms with Crippen molar-refractivity contribution in [2.45, 2.75) is 32.2 Å². The second-order valence-electron chi connectivity index (χ2n) is 6.43. The van der Waals surface area contributed by atoms with E-state index >= 15 is 0 Å². The molecule has 2 saturated heterocycles. The van der Waals surface area contributed by atoms with Crippen LogP contribution in [0.1, 0.15) is 24.8 Å². The summed E-state index contributed by atoms with van der Waals surface area (Å²) in [4.78, 5) is 39.6. The molecule has 2 fully saturated rings. The van der Waals surface area contributed by atoms with Gasteiger partial charge in [0.15, 0.2) is 0 Å². The Labute approximate surface area is 145 Å². The first-order valence-electron chi connectivity index (χ1n) is 8.05. The van der Waals surface area contributed by atoms with Crippen LogP contribution in [0.3, 0.4) is 0 Å². The minimum atomic E-state index is -0.466. The maximum atomic E-state index is 12.8. The molecule has 128 valence electrons. The summed E-state index contributed by atoms with van der Waals surface area (Å²) >= 11 is 6.11. The van der Waals surface area contributed by atoms with E-state index in [0.29, 0.717) is 36.6 Å². The highest BCUT2D eigenvalue weighted by molar-refractivity contribution is 6.32. The van der Waals surface area contributed by atoms with Crippen molar-refractivity contribution in [3.8, 4) is 0 Å². The zero-order valence-electron chi connectivity index (χ0n) is 13.5. The molecule has 0 radical (unpaired) electrons. The number of hydrogen-bond acceptors (Lipinski definition) is 4. The molecule has 0 aliphatic carbocycles. The maximum absolute atomic E-state index is 12.8. The third kappa shape index (κ3) is 3.03. The van der Waals surface area contributed by atoms with Gasteiger partial charge in [-0.3, -0.25) is 19.3 Å². The first-order chi connectivity index (χ1) is 11.4. The molecule has 2 aliphatic rings. The van der Waals surface area contributed by atoms with Crippen molar-refractivity contribution in [2.24, 2.45) is 11.7 Å². The molecule has 2 heterocycles. The molecule has 3 amide bonds. The molecule has 0 bridgehead atoms. The van der Waals surface area contributed by atoms with Crippen LogP contribution in [-0.4, -0.2) is 41.8 Å². The molecule has 7 heteroatoms. The van der Waals surface area contributed by atoms with Crippen molar-refractivity contribution >= 4 is 35.0 Å². The van der Waals surface area contributed by atoms with Crippen molar-refractivity contribution in [1.29, 1.82) is 0 Å². The summed E-state index contributed by atoms with van der Waals surface area (Å²) in [6.45, 7) is 3.06. The lowest BCUT2D eigenvalue weighted by atomic mass is 9.95. The van der Waals surface area contributed by atoms with Crippen LogP contribution >= 0.6 is 11.6 Å². The Bertz CT molecular complexity index is 698. The van der Waals surface area contributed by atoms with Gasteiger partial charge < -0.3 is 5.73 Å². The average molecular weight is 350 g/mol. The van der Waals surface area contributed by atoms with Crippen molar-refractivity contribution in [3.63, 3.8) is 0 Å². The van der Waals surface area contributed by atoms with Crippen molar-refractivity contribution in [1.82, 2.24) is 4.90 Å². The average Bonchev–Trinajstić information content (AvgIpc) is 2.85. The number of rotatable bonds is 3. The summed E-state index contributed by atoms with van der Waals surface area (Å²) in [6, 6.07) is 4.71. The highest BCUT2D eigenvalue weighted by Crippen LogP contribution is 2.30. The van der Waals surface area contributed by atoms with Crippen molar-refractivity contribution in [3.05, 3.63) is 28.8 Å². The van der Waals surface area contributed by atoms with E-state index in [2.05, 4.69) is 0 Å². The van der Waals surface area contributed by atoms with Gasteiger partial charge in [0.25, 0.3) is 5.91 Å². The molecule has 1 atom stereocenters. The summed E-state index contributed by atoms with van der Waals surface area (Å²) in [5.74, 6) is -0.876. The minimum absolute atomic E-state index is 0.138. The van der Waals surface area contributed by atoms with Crippen LogP contribution in [0.4, 0.5) is 5.69 Å². The predicted molar refractivity (Wildman–Crippen MR) is 90.6 cm³/mol. The van der Waals surface area contributed by atoms with Gasteiger partial charge in [-0.2, -0.15) is 0 Å². The first kappa shape index (κ1) is 16.9.